The van der Waals surface area contributed by atoms with Gasteiger partial charge in [-0.3, -0.25) is 77.2 Å². The number of unbranched alkanes of at least 4 members (excludes halogenated alkanes) is 1. The van der Waals surface area contributed by atoms with Crippen LogP contribution in [0.2, 0.25) is 0 Å². The van der Waals surface area contributed by atoms with Gasteiger partial charge in [-0.2, -0.15) is 11.8 Å². The second-order valence-electron chi connectivity index (χ2n) is 21.6. The number of carboxylic acids is 3. The van der Waals surface area contributed by atoms with E-state index in [4.69, 9.17) is 19.6 Å². The fourth-order valence-corrected chi connectivity index (χ4v) is 11.3. The Morgan fingerprint density at radius 1 is 0.647 bits per heavy atom. The van der Waals surface area contributed by atoms with Gasteiger partial charge >= 0.3 is 17.9 Å². The first-order valence-electron chi connectivity index (χ1n) is 29.4. The molecule has 3 rings (SSSR count). The molecular formula is C59H91N7O17S2. The first kappa shape index (κ1) is 73.9. The molecule has 3 amide bonds. The summed E-state index contributed by atoms with van der Waals surface area (Å²) in [5, 5.41) is 38.1. The van der Waals surface area contributed by atoms with E-state index in [1.165, 1.54) is 35.3 Å². The van der Waals surface area contributed by atoms with Gasteiger partial charge in [-0.1, -0.05) is 24.6 Å². The van der Waals surface area contributed by atoms with Gasteiger partial charge in [-0.25, -0.2) is 0 Å². The monoisotopic (exact) mass is 1230 g/mol. The Bertz CT molecular complexity index is 2330. The number of aliphatic carboxylic acids is 3. The molecule has 24 nitrogen and oxygen atoms in total. The van der Waals surface area contributed by atoms with Crippen LogP contribution in [-0.2, 0) is 68.6 Å². The topological polar surface area (TPSA) is 328 Å². The molecule has 1 aromatic carbocycles. The molecule has 0 bridgehead atoms. The summed E-state index contributed by atoms with van der Waals surface area (Å²) in [5.74, 6) is -4.86. The van der Waals surface area contributed by atoms with Gasteiger partial charge in [0.15, 0.2) is 17.3 Å². The summed E-state index contributed by atoms with van der Waals surface area (Å²) in [6.07, 6.45) is 6.35. The average Bonchev–Trinajstić information content (AvgIpc) is 3.89. The number of carbonyl (C=O) groups is 11. The molecule has 0 spiro atoms. The molecule has 26 heteroatoms. The second kappa shape index (κ2) is 42.5. The van der Waals surface area contributed by atoms with Gasteiger partial charge < -0.3 is 40.3 Å². The molecule has 0 aliphatic carbocycles. The first-order chi connectivity index (χ1) is 40.6. The maximum Gasteiger partial charge on any atom is 0.317 e. The molecular weight excluding hydrogens is 1140 g/mol. The number of hydrogen-bond acceptors (Lipinski definition) is 21. The van der Waals surface area contributed by atoms with E-state index in [0.717, 1.165) is 12.0 Å². The van der Waals surface area contributed by atoms with E-state index in [2.05, 4.69) is 5.32 Å². The molecule has 0 radical (unpaired) electrons. The third-order valence-electron chi connectivity index (χ3n) is 14.5. The number of nitrogens with zero attached hydrogens (tertiary/aromatic N) is 5. The number of rotatable bonds is 45. The number of imide groups is 1. The summed E-state index contributed by atoms with van der Waals surface area (Å²) in [6, 6.07) is 6.91. The van der Waals surface area contributed by atoms with Crippen molar-refractivity contribution in [3.05, 3.63) is 35.4 Å². The van der Waals surface area contributed by atoms with Crippen LogP contribution >= 0.6 is 23.5 Å². The molecule has 1 unspecified atom stereocenters. The summed E-state index contributed by atoms with van der Waals surface area (Å²) < 4.78 is 16.7. The highest BCUT2D eigenvalue weighted by atomic mass is 32.2. The maximum atomic E-state index is 13.5. The Balaban J connectivity index is 1.31. The lowest BCUT2D eigenvalue weighted by atomic mass is 9.92. The van der Waals surface area contributed by atoms with Gasteiger partial charge in [0.2, 0.25) is 17.7 Å². The molecule has 3 atom stereocenters. The number of likely N-dealkylation sites (tertiary alicyclic amines) is 1. The van der Waals surface area contributed by atoms with E-state index >= 15 is 0 Å². The zero-order valence-corrected chi connectivity index (χ0v) is 51.5. The maximum absolute atomic E-state index is 13.5. The number of carboxylic acid groups (broad SMARTS) is 3. The number of amides is 3. The third kappa shape index (κ3) is 32.8. The van der Waals surface area contributed by atoms with Crippen LogP contribution in [-0.4, -0.2) is 264 Å². The van der Waals surface area contributed by atoms with Crippen molar-refractivity contribution in [1.82, 2.24) is 29.8 Å². The molecule has 5 N–H and O–H groups in total. The normalized spacial score (nSPS) is 16.7. The van der Waals surface area contributed by atoms with E-state index < -0.39 is 40.9 Å². The lowest BCUT2D eigenvalue weighted by Crippen LogP contribution is -2.49. The van der Waals surface area contributed by atoms with Gasteiger partial charge in [0.25, 0.3) is 0 Å². The smallest absolute Gasteiger partial charge is 0.317 e. The quantitative estimate of drug-likeness (QED) is 0.0271. The summed E-state index contributed by atoms with van der Waals surface area (Å²) in [6.45, 7) is 6.05. The Labute approximate surface area is 508 Å². The summed E-state index contributed by atoms with van der Waals surface area (Å²) in [7, 11) is 0. The highest BCUT2D eigenvalue weighted by molar-refractivity contribution is 8.00. The first-order valence-corrected chi connectivity index (χ1v) is 31.8. The van der Waals surface area contributed by atoms with Crippen molar-refractivity contribution in [2.45, 2.75) is 103 Å². The van der Waals surface area contributed by atoms with Crippen LogP contribution in [0.25, 0.3) is 0 Å². The van der Waals surface area contributed by atoms with Crippen molar-refractivity contribution < 1.29 is 82.3 Å². The van der Waals surface area contributed by atoms with Gasteiger partial charge in [0.1, 0.15) is 18.2 Å². The van der Waals surface area contributed by atoms with E-state index in [0.29, 0.717) is 101 Å². The van der Waals surface area contributed by atoms with E-state index in [1.54, 1.807) is 39.8 Å². The molecule has 2 aliphatic heterocycles. The number of aryl methyl sites for hydroxylation is 1. The van der Waals surface area contributed by atoms with E-state index in [1.807, 2.05) is 17.2 Å². The number of Topliss-reactive ketones (excluding diaryl/α,β-unsaturated/α-hetero) is 5. The minimum Gasteiger partial charge on any atom is -0.480 e. The number of benzene rings is 1. The molecule has 2 aliphatic rings. The lowest BCUT2D eigenvalue weighted by molar-refractivity contribution is -0.140. The van der Waals surface area contributed by atoms with Crippen molar-refractivity contribution in [3.63, 3.8) is 0 Å². The van der Waals surface area contributed by atoms with Gasteiger partial charge in [0.05, 0.1) is 64.4 Å². The van der Waals surface area contributed by atoms with Crippen molar-refractivity contribution >= 4 is 93.8 Å². The summed E-state index contributed by atoms with van der Waals surface area (Å²) >= 11 is 2.97. The molecule has 2 saturated heterocycles. The van der Waals surface area contributed by atoms with Crippen LogP contribution in [0.3, 0.4) is 0 Å². The standard InChI is InChI=1S/C59H91N7O17S2/c1-43(60)9-8-31-85-53-36-54(72)66(59(53)80)17-5-4-11-46(44(2)67)34-51(70)37-61-58(79)48(16-32-84-3)35-52(71)47-12-6-10-45(33-47)14-15-50(69)42-83-30-29-82-28-27-81-26-7-13-49(68)38-62-18-20-63(39-55(73)74)22-24-65(41-57(77)78)25-23-64(21-19-62)40-56(75)76/h6,10,12,33,46,48,53,60H,4-5,7-9,11,13-32,34-42H2,1-3H3,(H,61,79)(H,73,74)(H,75,76)(H,77,78)/t46-,48-,53?/m1/s1. The Kier molecular flexibility index (Phi) is 37.0. The average molecular weight is 1230 g/mol. The van der Waals surface area contributed by atoms with Crippen LogP contribution in [0.4, 0.5) is 0 Å². The van der Waals surface area contributed by atoms with Crippen LogP contribution in [0, 0.1) is 17.2 Å². The summed E-state index contributed by atoms with van der Waals surface area (Å²) in [4.78, 5) is 146. The largest absolute Gasteiger partial charge is 0.480 e. The predicted octanol–water partition coefficient (Wildman–Crippen LogP) is 3.14. The van der Waals surface area contributed by atoms with Gasteiger partial charge in [0, 0.05) is 121 Å². The van der Waals surface area contributed by atoms with Crippen molar-refractivity contribution in [1.29, 1.82) is 5.41 Å². The number of carbonyl (C=O) groups excluding carboxylic acids is 8. The molecule has 476 valence electrons. The minimum atomic E-state index is -1.04. The van der Waals surface area contributed by atoms with Crippen LogP contribution < -0.4 is 5.32 Å². The zero-order chi connectivity index (χ0) is 62.5. The number of ether oxygens (including phenoxy) is 3. The second-order valence-corrected chi connectivity index (χ2v) is 23.9. The van der Waals surface area contributed by atoms with Gasteiger partial charge in [-0.15, -0.1) is 11.8 Å². The fraction of sp³-hybridized carbons (Fsp3) is 0.695. The summed E-state index contributed by atoms with van der Waals surface area (Å²) in [5.41, 5.74) is 1.74. The van der Waals surface area contributed by atoms with Crippen LogP contribution in [0.5, 0.6) is 0 Å². The Morgan fingerprint density at radius 2 is 1.22 bits per heavy atom. The fourth-order valence-electron chi connectivity index (χ4n) is 9.66. The number of nitrogens with one attached hydrogen (secondary N) is 2. The van der Waals surface area contributed by atoms with Crippen molar-refractivity contribution in [2.24, 2.45) is 11.8 Å². The SMILES string of the molecule is CSCC[C@H](CC(=O)c1cccc(CCC(=O)COCCOCCOCCCC(=O)CN2CCN(CC(=O)O)CCN(CC(=O)O)CCN(CC(=O)O)CC2)c1)C(=O)NCC(=O)C[C@@H](CCCCN1C(=O)CC(SCCCC(C)=N)C1=O)C(C)=O. The molecule has 0 saturated carbocycles. The Morgan fingerprint density at radius 3 is 1.79 bits per heavy atom. The van der Waals surface area contributed by atoms with Crippen molar-refractivity contribution in [2.75, 3.05) is 149 Å². The molecule has 2 fully saturated rings. The zero-order valence-electron chi connectivity index (χ0n) is 49.9. The van der Waals surface area contributed by atoms with Crippen molar-refractivity contribution in [3.8, 4) is 0 Å². The Hall–Kier alpha value is -5.32. The lowest BCUT2D eigenvalue weighted by Gasteiger charge is -2.32. The minimum absolute atomic E-state index is 0.0474. The number of hydrogen-bond donors (Lipinski definition) is 5. The van der Waals surface area contributed by atoms with Crippen LogP contribution in [0.1, 0.15) is 107 Å². The highest BCUT2D eigenvalue weighted by Gasteiger charge is 2.38. The molecule has 85 heavy (non-hydrogen) atoms. The van der Waals surface area contributed by atoms with Gasteiger partial charge in [-0.05, 0) is 88.2 Å². The number of ketones is 5. The number of thioether (sulfide) groups is 2. The molecule has 2 heterocycles. The van der Waals surface area contributed by atoms with E-state index in [-0.39, 0.29) is 171 Å². The third-order valence-corrected chi connectivity index (χ3v) is 16.4. The predicted molar refractivity (Wildman–Crippen MR) is 321 cm³/mol. The highest BCUT2D eigenvalue weighted by Crippen LogP contribution is 2.27. The molecule has 1 aromatic rings. The molecule has 0 aromatic heterocycles. The van der Waals surface area contributed by atoms with E-state index in [9.17, 15) is 68.1 Å². The van der Waals surface area contributed by atoms with Crippen LogP contribution in [0.15, 0.2) is 24.3 Å².